The lowest BCUT2D eigenvalue weighted by Gasteiger charge is -2.23. The zero-order chi connectivity index (χ0) is 21.8. The number of carbonyl (C=O) groups excluding carboxylic acids is 2. The topological polar surface area (TPSA) is 132 Å². The van der Waals surface area contributed by atoms with E-state index in [1.54, 1.807) is 24.3 Å². The molecule has 1 aliphatic rings. The zero-order valence-electron chi connectivity index (χ0n) is 16.0. The molecule has 0 aliphatic carbocycles. The number of nitrogens with one attached hydrogen (secondary N) is 2. The molecule has 158 valence electrons. The van der Waals surface area contributed by atoms with Gasteiger partial charge in [0.2, 0.25) is 17.8 Å². The zero-order valence-corrected chi connectivity index (χ0v) is 17.6. The Balaban J connectivity index is 1.35. The number of fused-ring (bicyclic) bond motifs is 1. The van der Waals surface area contributed by atoms with Crippen molar-refractivity contribution >= 4 is 58.5 Å². The normalized spacial score (nSPS) is 15.0. The average molecular weight is 457 g/mol. The fourth-order valence-electron chi connectivity index (χ4n) is 2.80. The number of hydrogen-bond acceptors (Lipinski definition) is 9. The van der Waals surface area contributed by atoms with Crippen molar-refractivity contribution in [1.82, 2.24) is 15.0 Å². The summed E-state index contributed by atoms with van der Waals surface area (Å²) in [6.45, 7) is -0.198. The number of benzene rings is 2. The van der Waals surface area contributed by atoms with Gasteiger partial charge < -0.3 is 21.1 Å². The number of esters is 1. The first-order chi connectivity index (χ1) is 15.0. The lowest BCUT2D eigenvalue weighted by atomic mass is 10.2. The summed E-state index contributed by atoms with van der Waals surface area (Å²) >= 11 is 7.20. The Bertz CT molecular complexity index is 1130. The van der Waals surface area contributed by atoms with Gasteiger partial charge in [-0.2, -0.15) is 15.0 Å². The second kappa shape index (κ2) is 9.19. The Morgan fingerprint density at radius 3 is 2.74 bits per heavy atom. The minimum Gasteiger partial charge on any atom is -0.457 e. The molecule has 1 aliphatic heterocycles. The molecular formula is C20H17ClN6O3S. The first-order valence-electron chi connectivity index (χ1n) is 9.21. The highest BCUT2D eigenvalue weighted by Gasteiger charge is 2.29. The summed E-state index contributed by atoms with van der Waals surface area (Å²) in [6, 6.07) is 14.4. The molecule has 0 saturated heterocycles. The van der Waals surface area contributed by atoms with Gasteiger partial charge in [-0.3, -0.25) is 9.59 Å². The number of aromatic nitrogens is 3. The van der Waals surface area contributed by atoms with Crippen LogP contribution in [0.4, 0.5) is 23.3 Å². The van der Waals surface area contributed by atoms with Crippen molar-refractivity contribution in [2.45, 2.75) is 23.2 Å². The number of anilines is 4. The maximum absolute atomic E-state index is 12.3. The highest BCUT2D eigenvalue weighted by Crippen LogP contribution is 2.36. The van der Waals surface area contributed by atoms with E-state index in [0.29, 0.717) is 10.7 Å². The van der Waals surface area contributed by atoms with Gasteiger partial charge in [0.05, 0.1) is 17.4 Å². The molecule has 4 rings (SSSR count). The largest absolute Gasteiger partial charge is 0.457 e. The van der Waals surface area contributed by atoms with E-state index in [1.165, 1.54) is 11.8 Å². The van der Waals surface area contributed by atoms with Crippen LogP contribution in [-0.4, -0.2) is 32.1 Å². The molecule has 1 aromatic heterocycles. The summed E-state index contributed by atoms with van der Waals surface area (Å²) in [7, 11) is 0. The van der Waals surface area contributed by atoms with Crippen LogP contribution < -0.4 is 16.4 Å². The number of nitrogen functional groups attached to an aromatic ring is 1. The van der Waals surface area contributed by atoms with Crippen LogP contribution in [0, 0.1) is 0 Å². The molecule has 1 atom stereocenters. The second-order valence-corrected chi connectivity index (χ2v) is 8.20. The number of hydrogen-bond donors (Lipinski definition) is 3. The fraction of sp³-hybridized carbons (Fsp3) is 0.150. The maximum Gasteiger partial charge on any atom is 0.307 e. The van der Waals surface area contributed by atoms with Crippen LogP contribution in [-0.2, 0) is 20.9 Å². The SMILES string of the molecule is Nc1nc(COC(=O)CC2Sc3ccccc3NC2=O)nc(Nc2ccc(Cl)cc2)n1. The summed E-state index contributed by atoms with van der Waals surface area (Å²) in [6.07, 6.45) is -0.0821. The van der Waals surface area contributed by atoms with Crippen LogP contribution in [0.2, 0.25) is 5.02 Å². The van der Waals surface area contributed by atoms with E-state index in [9.17, 15) is 9.59 Å². The van der Waals surface area contributed by atoms with Crippen molar-refractivity contribution < 1.29 is 14.3 Å². The van der Waals surface area contributed by atoms with Crippen molar-refractivity contribution in [3.63, 3.8) is 0 Å². The number of nitrogens with two attached hydrogens (primary N) is 1. The Labute approximate surface area is 186 Å². The number of para-hydroxylation sites is 1. The van der Waals surface area contributed by atoms with Crippen LogP contribution in [0.1, 0.15) is 12.2 Å². The number of amides is 1. The number of thioether (sulfide) groups is 1. The van der Waals surface area contributed by atoms with Crippen LogP contribution in [0.3, 0.4) is 0 Å². The Morgan fingerprint density at radius 2 is 1.94 bits per heavy atom. The van der Waals surface area contributed by atoms with E-state index in [-0.39, 0.29) is 36.7 Å². The molecule has 1 amide bonds. The van der Waals surface area contributed by atoms with Crippen LogP contribution in [0.15, 0.2) is 53.4 Å². The first-order valence-corrected chi connectivity index (χ1v) is 10.5. The molecule has 0 bridgehead atoms. The van der Waals surface area contributed by atoms with Gasteiger partial charge in [0.1, 0.15) is 0 Å². The molecule has 9 nitrogen and oxygen atoms in total. The van der Waals surface area contributed by atoms with Crippen LogP contribution in [0.5, 0.6) is 0 Å². The summed E-state index contributed by atoms with van der Waals surface area (Å²) in [5.74, 6) is -0.405. The molecule has 4 N–H and O–H groups in total. The number of rotatable bonds is 6. The van der Waals surface area contributed by atoms with Crippen LogP contribution >= 0.6 is 23.4 Å². The molecule has 3 aromatic rings. The van der Waals surface area contributed by atoms with Crippen molar-refractivity contribution in [3.8, 4) is 0 Å². The van der Waals surface area contributed by atoms with Crippen LogP contribution in [0.25, 0.3) is 0 Å². The third-order valence-electron chi connectivity index (χ3n) is 4.22. The van der Waals surface area contributed by atoms with Gasteiger partial charge in [0.25, 0.3) is 0 Å². The third-order valence-corrected chi connectivity index (χ3v) is 5.75. The average Bonchev–Trinajstić information content (AvgIpc) is 2.74. The van der Waals surface area contributed by atoms with Crippen molar-refractivity contribution in [3.05, 3.63) is 59.4 Å². The molecule has 0 saturated carbocycles. The number of ether oxygens (including phenoxy) is 1. The predicted molar refractivity (Wildman–Crippen MR) is 118 cm³/mol. The fourth-order valence-corrected chi connectivity index (χ4v) is 4.02. The summed E-state index contributed by atoms with van der Waals surface area (Å²) in [5.41, 5.74) is 7.18. The molecule has 11 heteroatoms. The smallest absolute Gasteiger partial charge is 0.307 e. The molecular weight excluding hydrogens is 440 g/mol. The second-order valence-electron chi connectivity index (χ2n) is 6.52. The number of nitrogens with zero attached hydrogens (tertiary/aromatic N) is 3. The van der Waals surface area contributed by atoms with Gasteiger partial charge in [-0.25, -0.2) is 0 Å². The summed E-state index contributed by atoms with van der Waals surface area (Å²) in [5, 5.41) is 5.80. The van der Waals surface area contributed by atoms with Gasteiger partial charge >= 0.3 is 5.97 Å². The molecule has 2 aromatic carbocycles. The third kappa shape index (κ3) is 5.41. The first kappa shape index (κ1) is 20.9. The number of halogens is 1. The minimum atomic E-state index is -0.576. The lowest BCUT2D eigenvalue weighted by Crippen LogP contribution is -2.31. The van der Waals surface area contributed by atoms with E-state index in [1.807, 2.05) is 24.3 Å². The highest BCUT2D eigenvalue weighted by atomic mass is 35.5. The Morgan fingerprint density at radius 1 is 1.16 bits per heavy atom. The Kier molecular flexibility index (Phi) is 6.19. The molecule has 0 spiro atoms. The molecule has 0 radical (unpaired) electrons. The summed E-state index contributed by atoms with van der Waals surface area (Å²) in [4.78, 5) is 37.7. The quantitative estimate of drug-likeness (QED) is 0.477. The number of carbonyl (C=O) groups is 2. The minimum absolute atomic E-state index is 0.0173. The van der Waals surface area contributed by atoms with Gasteiger partial charge in [-0.05, 0) is 36.4 Å². The van der Waals surface area contributed by atoms with Crippen molar-refractivity contribution in [1.29, 1.82) is 0 Å². The van der Waals surface area contributed by atoms with Gasteiger partial charge in [-0.15, -0.1) is 11.8 Å². The maximum atomic E-state index is 12.3. The molecule has 1 unspecified atom stereocenters. The van der Waals surface area contributed by atoms with Crippen molar-refractivity contribution in [2.75, 3.05) is 16.4 Å². The Hall–Kier alpha value is -3.37. The predicted octanol–water partition coefficient (Wildman–Crippen LogP) is 3.40. The molecule has 31 heavy (non-hydrogen) atoms. The van der Waals surface area contributed by atoms with E-state index in [0.717, 1.165) is 10.6 Å². The van der Waals surface area contributed by atoms with Gasteiger partial charge in [-0.1, -0.05) is 23.7 Å². The standard InChI is InChI=1S/C20H17ClN6O3S/c21-11-5-7-12(8-6-11)23-20-26-16(25-19(22)27-20)10-30-17(28)9-15-18(29)24-13-3-1-2-4-14(13)31-15/h1-8,15H,9-10H2,(H,24,29)(H3,22,23,25,26,27). The van der Waals surface area contributed by atoms with Gasteiger partial charge in [0.15, 0.2) is 12.4 Å². The van der Waals surface area contributed by atoms with E-state index < -0.39 is 11.2 Å². The van der Waals surface area contributed by atoms with Crippen molar-refractivity contribution in [2.24, 2.45) is 0 Å². The molecule has 2 heterocycles. The van der Waals surface area contributed by atoms with Gasteiger partial charge in [0, 0.05) is 15.6 Å². The van der Waals surface area contributed by atoms with E-state index in [2.05, 4.69) is 25.6 Å². The molecule has 0 fully saturated rings. The van der Waals surface area contributed by atoms with E-state index in [4.69, 9.17) is 22.1 Å². The highest BCUT2D eigenvalue weighted by molar-refractivity contribution is 8.01. The lowest BCUT2D eigenvalue weighted by molar-refractivity contribution is -0.146. The summed E-state index contributed by atoms with van der Waals surface area (Å²) < 4.78 is 5.26. The van der Waals surface area contributed by atoms with E-state index >= 15 is 0 Å². The monoisotopic (exact) mass is 456 g/mol.